The summed E-state index contributed by atoms with van der Waals surface area (Å²) in [5.41, 5.74) is 3.57. The van der Waals surface area contributed by atoms with E-state index in [-0.39, 0.29) is 0 Å². The second-order valence-electron chi connectivity index (χ2n) is 5.66. The van der Waals surface area contributed by atoms with E-state index in [0.29, 0.717) is 12.0 Å². The van der Waals surface area contributed by atoms with Crippen LogP contribution < -0.4 is 5.32 Å². The normalized spacial score (nSPS) is 18.2. The zero-order valence-electron chi connectivity index (χ0n) is 11.9. The number of hydrogen-bond acceptors (Lipinski definition) is 2. The molecule has 1 aromatic heterocycles. The molecule has 1 unspecified atom stereocenters. The molecule has 2 aromatic rings. The van der Waals surface area contributed by atoms with Gasteiger partial charge in [-0.15, -0.1) is 0 Å². The molecule has 1 atom stereocenters. The lowest BCUT2D eigenvalue weighted by molar-refractivity contribution is 0.323. The van der Waals surface area contributed by atoms with Crippen LogP contribution in [0.3, 0.4) is 0 Å². The highest BCUT2D eigenvalue weighted by molar-refractivity contribution is 5.69. The van der Waals surface area contributed by atoms with E-state index in [1.807, 2.05) is 6.07 Å². The molecule has 1 N–H and O–H groups in total. The molecule has 0 aliphatic carbocycles. The Morgan fingerprint density at radius 1 is 1.26 bits per heavy atom. The van der Waals surface area contributed by atoms with E-state index >= 15 is 0 Å². The van der Waals surface area contributed by atoms with Crippen LogP contribution in [0.1, 0.15) is 31.9 Å². The molecule has 0 saturated heterocycles. The zero-order valence-corrected chi connectivity index (χ0v) is 11.9. The quantitative estimate of drug-likeness (QED) is 0.882. The average Bonchev–Trinajstić information content (AvgIpc) is 2.77. The van der Waals surface area contributed by atoms with Crippen molar-refractivity contribution in [2.75, 3.05) is 11.9 Å². The second kappa shape index (κ2) is 4.72. The molecule has 1 aromatic carbocycles. The van der Waals surface area contributed by atoms with Gasteiger partial charge >= 0.3 is 0 Å². The van der Waals surface area contributed by atoms with Crippen molar-refractivity contribution in [3.63, 3.8) is 0 Å². The van der Waals surface area contributed by atoms with Gasteiger partial charge in [-0.3, -0.25) is 0 Å². The van der Waals surface area contributed by atoms with Crippen LogP contribution >= 0.6 is 0 Å². The van der Waals surface area contributed by atoms with E-state index in [2.05, 4.69) is 55.0 Å². The van der Waals surface area contributed by atoms with E-state index in [0.717, 1.165) is 18.7 Å². The SMILES string of the molecule is Cc1c(-c2ccccc2)nn2c1NCCC2C(C)C. The summed E-state index contributed by atoms with van der Waals surface area (Å²) < 4.78 is 2.20. The summed E-state index contributed by atoms with van der Waals surface area (Å²) >= 11 is 0. The fourth-order valence-electron chi connectivity index (χ4n) is 2.92. The lowest BCUT2D eigenvalue weighted by Crippen LogP contribution is -2.27. The number of rotatable bonds is 2. The van der Waals surface area contributed by atoms with Crippen molar-refractivity contribution in [2.24, 2.45) is 5.92 Å². The third-order valence-electron chi connectivity index (χ3n) is 4.01. The maximum atomic E-state index is 4.88. The average molecular weight is 255 g/mol. The Morgan fingerprint density at radius 2 is 2.00 bits per heavy atom. The van der Waals surface area contributed by atoms with Gasteiger partial charge in [0.05, 0.1) is 11.7 Å². The van der Waals surface area contributed by atoms with Crippen LogP contribution in [0.2, 0.25) is 0 Å². The van der Waals surface area contributed by atoms with Crippen molar-refractivity contribution in [1.29, 1.82) is 0 Å². The fraction of sp³-hybridized carbons (Fsp3) is 0.438. The summed E-state index contributed by atoms with van der Waals surface area (Å²) in [7, 11) is 0. The molecule has 0 radical (unpaired) electrons. The summed E-state index contributed by atoms with van der Waals surface area (Å²) in [6, 6.07) is 11.0. The van der Waals surface area contributed by atoms with Gasteiger partial charge in [0.25, 0.3) is 0 Å². The van der Waals surface area contributed by atoms with Gasteiger partial charge in [-0.25, -0.2) is 4.68 Å². The van der Waals surface area contributed by atoms with Crippen LogP contribution in [0.5, 0.6) is 0 Å². The predicted octanol–water partition coefficient (Wildman–Crippen LogP) is 3.87. The van der Waals surface area contributed by atoms with Crippen molar-refractivity contribution in [3.05, 3.63) is 35.9 Å². The first-order chi connectivity index (χ1) is 9.18. The predicted molar refractivity (Wildman–Crippen MR) is 79.4 cm³/mol. The van der Waals surface area contributed by atoms with Crippen LogP contribution in [0, 0.1) is 12.8 Å². The highest BCUT2D eigenvalue weighted by Crippen LogP contribution is 2.35. The van der Waals surface area contributed by atoms with Crippen molar-refractivity contribution < 1.29 is 0 Å². The van der Waals surface area contributed by atoms with E-state index in [9.17, 15) is 0 Å². The Bertz CT molecular complexity index is 569. The summed E-state index contributed by atoms with van der Waals surface area (Å²) in [4.78, 5) is 0. The number of hydrogen-bond donors (Lipinski definition) is 1. The molecule has 2 heterocycles. The third kappa shape index (κ3) is 2.03. The Morgan fingerprint density at radius 3 is 2.68 bits per heavy atom. The summed E-state index contributed by atoms with van der Waals surface area (Å²) in [5.74, 6) is 1.81. The number of aromatic nitrogens is 2. The smallest absolute Gasteiger partial charge is 0.128 e. The van der Waals surface area contributed by atoms with Gasteiger partial charge < -0.3 is 5.32 Å². The van der Waals surface area contributed by atoms with Crippen molar-refractivity contribution in [3.8, 4) is 11.3 Å². The van der Waals surface area contributed by atoms with Crippen LogP contribution in [0.15, 0.2) is 30.3 Å². The largest absolute Gasteiger partial charge is 0.370 e. The minimum Gasteiger partial charge on any atom is -0.370 e. The van der Waals surface area contributed by atoms with Crippen LogP contribution in [-0.2, 0) is 0 Å². The van der Waals surface area contributed by atoms with Gasteiger partial charge in [-0.1, -0.05) is 44.2 Å². The topological polar surface area (TPSA) is 29.9 Å². The van der Waals surface area contributed by atoms with E-state index < -0.39 is 0 Å². The highest BCUT2D eigenvalue weighted by Gasteiger charge is 2.26. The first-order valence-corrected chi connectivity index (χ1v) is 7.07. The van der Waals surface area contributed by atoms with E-state index in [4.69, 9.17) is 5.10 Å². The van der Waals surface area contributed by atoms with E-state index in [1.165, 1.54) is 16.9 Å². The lowest BCUT2D eigenvalue weighted by atomic mass is 9.99. The molecule has 1 aliphatic rings. The maximum Gasteiger partial charge on any atom is 0.128 e. The summed E-state index contributed by atoms with van der Waals surface area (Å²) in [5, 5.41) is 8.38. The minimum atomic E-state index is 0.507. The van der Waals surface area contributed by atoms with Crippen LogP contribution in [0.4, 0.5) is 5.82 Å². The molecule has 0 amide bonds. The van der Waals surface area contributed by atoms with Crippen LogP contribution in [-0.4, -0.2) is 16.3 Å². The molecule has 0 fully saturated rings. The van der Waals surface area contributed by atoms with Gasteiger partial charge in [0, 0.05) is 17.7 Å². The van der Waals surface area contributed by atoms with Gasteiger partial charge in [-0.05, 0) is 19.3 Å². The molecule has 3 heteroatoms. The van der Waals surface area contributed by atoms with Crippen molar-refractivity contribution >= 4 is 5.82 Å². The van der Waals surface area contributed by atoms with Gasteiger partial charge in [0.15, 0.2) is 0 Å². The van der Waals surface area contributed by atoms with Gasteiger partial charge in [0.1, 0.15) is 5.82 Å². The zero-order chi connectivity index (χ0) is 13.4. The molecule has 100 valence electrons. The second-order valence-corrected chi connectivity index (χ2v) is 5.66. The Balaban J connectivity index is 2.10. The lowest BCUT2D eigenvalue weighted by Gasteiger charge is -2.28. The monoisotopic (exact) mass is 255 g/mol. The summed E-state index contributed by atoms with van der Waals surface area (Å²) in [6.45, 7) is 7.76. The Hall–Kier alpha value is -1.77. The van der Waals surface area contributed by atoms with Gasteiger partial charge in [0.2, 0.25) is 0 Å². The van der Waals surface area contributed by atoms with E-state index in [1.54, 1.807) is 0 Å². The number of anilines is 1. The molecule has 0 spiro atoms. The standard InChI is InChI=1S/C16H21N3/c1-11(2)14-9-10-17-16-12(3)15(18-19(14)16)13-7-5-4-6-8-13/h4-8,11,14,17H,9-10H2,1-3H3. The third-order valence-corrected chi connectivity index (χ3v) is 4.01. The van der Waals surface area contributed by atoms with Crippen LogP contribution in [0.25, 0.3) is 11.3 Å². The number of nitrogens with one attached hydrogen (secondary N) is 1. The number of nitrogens with zero attached hydrogens (tertiary/aromatic N) is 2. The van der Waals surface area contributed by atoms with Crippen molar-refractivity contribution in [1.82, 2.24) is 9.78 Å². The first kappa shape index (κ1) is 12.3. The molecule has 1 aliphatic heterocycles. The summed E-state index contributed by atoms with van der Waals surface area (Å²) in [6.07, 6.45) is 1.15. The molecule has 0 bridgehead atoms. The maximum absolute atomic E-state index is 4.88. The van der Waals surface area contributed by atoms with Gasteiger partial charge in [-0.2, -0.15) is 5.10 Å². The van der Waals surface area contributed by atoms with Crippen molar-refractivity contribution in [2.45, 2.75) is 33.2 Å². The Kier molecular flexibility index (Phi) is 3.05. The number of benzene rings is 1. The molecule has 0 saturated carbocycles. The molecule has 3 nitrogen and oxygen atoms in total. The fourth-order valence-corrected chi connectivity index (χ4v) is 2.92. The molecular formula is C16H21N3. The first-order valence-electron chi connectivity index (χ1n) is 7.07. The number of fused-ring (bicyclic) bond motifs is 1. The molecular weight excluding hydrogens is 234 g/mol. The molecule has 3 rings (SSSR count). The highest BCUT2D eigenvalue weighted by atomic mass is 15.4. The minimum absolute atomic E-state index is 0.507. The Labute approximate surface area is 114 Å². The molecule has 19 heavy (non-hydrogen) atoms.